The average molecular weight is 357 g/mol. The zero-order valence-electron chi connectivity index (χ0n) is 15.0. The van der Waals surface area contributed by atoms with Gasteiger partial charge < -0.3 is 4.98 Å². The molecule has 0 bridgehead atoms. The second kappa shape index (κ2) is 6.16. The molecule has 1 aliphatic carbocycles. The summed E-state index contributed by atoms with van der Waals surface area (Å²) in [4.78, 5) is 20.9. The molecule has 0 spiro atoms. The summed E-state index contributed by atoms with van der Waals surface area (Å²) in [5.41, 5.74) is 4.32. The van der Waals surface area contributed by atoms with Crippen LogP contribution in [0.2, 0.25) is 0 Å². The van der Waals surface area contributed by atoms with Crippen molar-refractivity contribution in [3.8, 4) is 6.07 Å². The van der Waals surface area contributed by atoms with Crippen LogP contribution in [0.4, 0.5) is 0 Å². The zero-order valence-corrected chi connectivity index (χ0v) is 15.0. The number of H-pyrrole nitrogens is 1. The lowest BCUT2D eigenvalue weighted by Gasteiger charge is -2.14. The van der Waals surface area contributed by atoms with Crippen molar-refractivity contribution in [2.24, 2.45) is 11.8 Å². The van der Waals surface area contributed by atoms with Crippen molar-refractivity contribution >= 4 is 16.7 Å². The SMILES string of the molecule is C[C@@H]1C[C@H](Cc2cnc(C#N)cn2)C[C@@H]1c1ncc2cnc3[nH]ccc3n12. The smallest absolute Gasteiger partial charge is 0.158 e. The molecule has 7 heteroatoms. The molecule has 1 aliphatic rings. The van der Waals surface area contributed by atoms with Crippen molar-refractivity contribution in [1.29, 1.82) is 5.26 Å². The van der Waals surface area contributed by atoms with Crippen LogP contribution in [0.5, 0.6) is 0 Å². The second-order valence-electron chi connectivity index (χ2n) is 7.48. The van der Waals surface area contributed by atoms with Gasteiger partial charge >= 0.3 is 0 Å². The summed E-state index contributed by atoms with van der Waals surface area (Å²) < 4.78 is 2.24. The first-order chi connectivity index (χ1) is 13.2. The van der Waals surface area contributed by atoms with Crippen LogP contribution in [0.25, 0.3) is 16.7 Å². The van der Waals surface area contributed by atoms with E-state index >= 15 is 0 Å². The third kappa shape index (κ3) is 2.65. The average Bonchev–Trinajstić information content (AvgIpc) is 3.39. The molecule has 1 saturated carbocycles. The van der Waals surface area contributed by atoms with E-state index < -0.39 is 0 Å². The Morgan fingerprint density at radius 3 is 2.85 bits per heavy atom. The number of rotatable bonds is 3. The van der Waals surface area contributed by atoms with E-state index in [4.69, 9.17) is 10.2 Å². The van der Waals surface area contributed by atoms with Crippen molar-refractivity contribution in [2.45, 2.75) is 32.1 Å². The van der Waals surface area contributed by atoms with E-state index in [1.807, 2.05) is 24.7 Å². The first-order valence-corrected chi connectivity index (χ1v) is 9.23. The zero-order chi connectivity index (χ0) is 18.4. The summed E-state index contributed by atoms with van der Waals surface area (Å²) in [5, 5.41) is 8.87. The number of nitrogens with zero attached hydrogens (tertiary/aromatic N) is 6. The van der Waals surface area contributed by atoms with Gasteiger partial charge in [-0.3, -0.25) is 9.38 Å². The number of fused-ring (bicyclic) bond motifs is 3. The van der Waals surface area contributed by atoms with Crippen LogP contribution in [0.3, 0.4) is 0 Å². The van der Waals surface area contributed by atoms with E-state index in [9.17, 15) is 0 Å². The van der Waals surface area contributed by atoms with E-state index in [2.05, 4.69) is 37.3 Å². The molecule has 0 aromatic carbocycles. The Morgan fingerprint density at radius 1 is 1.15 bits per heavy atom. The normalized spacial score (nSPS) is 22.4. The van der Waals surface area contributed by atoms with Gasteiger partial charge in [0.2, 0.25) is 0 Å². The molecule has 134 valence electrons. The van der Waals surface area contributed by atoms with E-state index in [-0.39, 0.29) is 0 Å². The Kier molecular flexibility index (Phi) is 3.64. The number of aromatic amines is 1. The molecule has 0 aliphatic heterocycles. The van der Waals surface area contributed by atoms with Gasteiger partial charge in [-0.2, -0.15) is 5.26 Å². The number of hydrogen-bond acceptors (Lipinski definition) is 5. The molecule has 27 heavy (non-hydrogen) atoms. The number of hydrogen-bond donors (Lipinski definition) is 1. The third-order valence-corrected chi connectivity index (χ3v) is 5.72. The standard InChI is InChI=1S/C20H19N7/c1-12-4-13(5-14-8-24-15(7-21)9-23-14)6-17(12)20-26-11-16-10-25-19-18(27(16)20)2-3-22-19/h2-3,8-13,17,22H,4-6H2,1H3/t12-,13-,17+/m1/s1. The largest absolute Gasteiger partial charge is 0.345 e. The highest BCUT2D eigenvalue weighted by atomic mass is 15.1. The highest BCUT2D eigenvalue weighted by Crippen LogP contribution is 2.43. The van der Waals surface area contributed by atoms with Gasteiger partial charge in [0.1, 0.15) is 11.9 Å². The molecule has 0 amide bonds. The van der Waals surface area contributed by atoms with Crippen LogP contribution >= 0.6 is 0 Å². The molecular formula is C20H19N7. The summed E-state index contributed by atoms with van der Waals surface area (Å²) in [7, 11) is 0. The van der Waals surface area contributed by atoms with Crippen molar-refractivity contribution in [3.63, 3.8) is 0 Å². The van der Waals surface area contributed by atoms with Gasteiger partial charge in [0.05, 0.1) is 35.3 Å². The maximum absolute atomic E-state index is 8.87. The van der Waals surface area contributed by atoms with E-state index in [0.717, 1.165) is 47.5 Å². The topological polar surface area (TPSA) is 95.5 Å². The molecule has 4 aromatic heterocycles. The second-order valence-corrected chi connectivity index (χ2v) is 7.48. The Balaban J connectivity index is 1.43. The van der Waals surface area contributed by atoms with Crippen molar-refractivity contribution < 1.29 is 0 Å². The van der Waals surface area contributed by atoms with Gasteiger partial charge in [0.25, 0.3) is 0 Å². The Labute approximate surface area is 156 Å². The van der Waals surface area contributed by atoms with Crippen LogP contribution in [-0.2, 0) is 6.42 Å². The monoisotopic (exact) mass is 357 g/mol. The molecule has 1 fully saturated rings. The van der Waals surface area contributed by atoms with Crippen LogP contribution in [0.15, 0.2) is 37.1 Å². The molecule has 4 aromatic rings. The molecule has 0 unspecified atom stereocenters. The highest BCUT2D eigenvalue weighted by molar-refractivity contribution is 5.75. The molecule has 5 rings (SSSR count). The molecule has 1 N–H and O–H groups in total. The quantitative estimate of drug-likeness (QED) is 0.607. The minimum absolute atomic E-state index is 0.365. The van der Waals surface area contributed by atoms with Crippen LogP contribution < -0.4 is 0 Å². The number of nitrogens with one attached hydrogen (secondary N) is 1. The molecular weight excluding hydrogens is 338 g/mol. The van der Waals surface area contributed by atoms with Gasteiger partial charge in [-0.15, -0.1) is 0 Å². The van der Waals surface area contributed by atoms with Crippen molar-refractivity contribution in [3.05, 3.63) is 54.3 Å². The maximum atomic E-state index is 8.87. The number of nitriles is 1. The lowest BCUT2D eigenvalue weighted by atomic mass is 9.97. The van der Waals surface area contributed by atoms with E-state index in [1.54, 1.807) is 12.4 Å². The van der Waals surface area contributed by atoms with Crippen LogP contribution in [-0.4, -0.2) is 29.3 Å². The minimum atomic E-state index is 0.365. The van der Waals surface area contributed by atoms with E-state index in [0.29, 0.717) is 23.4 Å². The van der Waals surface area contributed by atoms with Crippen LogP contribution in [0, 0.1) is 23.2 Å². The fourth-order valence-electron chi connectivity index (χ4n) is 4.48. The Hall–Kier alpha value is -3.27. The molecule has 0 saturated heterocycles. The summed E-state index contributed by atoms with van der Waals surface area (Å²) in [6.45, 7) is 2.31. The predicted octanol–water partition coefficient (Wildman–Crippen LogP) is 3.24. The third-order valence-electron chi connectivity index (χ3n) is 5.72. The molecule has 0 radical (unpaired) electrons. The minimum Gasteiger partial charge on any atom is -0.345 e. The molecule has 7 nitrogen and oxygen atoms in total. The Morgan fingerprint density at radius 2 is 2.04 bits per heavy atom. The highest BCUT2D eigenvalue weighted by Gasteiger charge is 2.35. The Bertz CT molecular complexity index is 1150. The van der Waals surface area contributed by atoms with Crippen LogP contribution in [0.1, 0.15) is 42.9 Å². The molecule has 4 heterocycles. The summed E-state index contributed by atoms with van der Waals surface area (Å²) in [6, 6.07) is 4.08. The van der Waals surface area contributed by atoms with E-state index in [1.165, 1.54) is 0 Å². The summed E-state index contributed by atoms with van der Waals surface area (Å²) in [6.07, 6.45) is 12.1. The maximum Gasteiger partial charge on any atom is 0.158 e. The number of aromatic nitrogens is 6. The first kappa shape index (κ1) is 15.9. The van der Waals surface area contributed by atoms with Gasteiger partial charge in [-0.05, 0) is 37.2 Å². The van der Waals surface area contributed by atoms with Gasteiger partial charge in [0, 0.05) is 18.3 Å². The first-order valence-electron chi connectivity index (χ1n) is 9.23. The van der Waals surface area contributed by atoms with Gasteiger partial charge in [-0.1, -0.05) is 6.92 Å². The van der Waals surface area contributed by atoms with Gasteiger partial charge in [-0.25, -0.2) is 15.0 Å². The lowest BCUT2D eigenvalue weighted by molar-refractivity contribution is 0.499. The lowest BCUT2D eigenvalue weighted by Crippen LogP contribution is -2.08. The number of imidazole rings is 1. The summed E-state index contributed by atoms with van der Waals surface area (Å²) in [5.74, 6) is 2.62. The molecule has 3 atom stereocenters. The van der Waals surface area contributed by atoms with Crippen molar-refractivity contribution in [1.82, 2.24) is 29.3 Å². The van der Waals surface area contributed by atoms with Gasteiger partial charge in [0.15, 0.2) is 11.3 Å². The fraction of sp³-hybridized carbons (Fsp3) is 0.350. The van der Waals surface area contributed by atoms with Crippen molar-refractivity contribution in [2.75, 3.05) is 0 Å². The summed E-state index contributed by atoms with van der Waals surface area (Å²) >= 11 is 0. The predicted molar refractivity (Wildman–Crippen MR) is 99.9 cm³/mol. The fourth-order valence-corrected chi connectivity index (χ4v) is 4.48.